The van der Waals surface area contributed by atoms with Gasteiger partial charge in [-0.25, -0.2) is 0 Å². The zero-order valence-electron chi connectivity index (χ0n) is 17.0. The third-order valence-corrected chi connectivity index (χ3v) is 5.16. The van der Waals surface area contributed by atoms with Crippen LogP contribution >= 0.6 is 0 Å². The SMILES string of the molecule is CC(C)(C)c1ccc2c(c1)OCC(=O)N2Cc1nc(-c2ccc3c(c2)OCO3)no1. The van der Waals surface area contributed by atoms with Gasteiger partial charge in [0.15, 0.2) is 18.1 Å². The van der Waals surface area contributed by atoms with Crippen molar-refractivity contribution in [2.24, 2.45) is 0 Å². The molecule has 0 saturated carbocycles. The van der Waals surface area contributed by atoms with E-state index in [9.17, 15) is 4.79 Å². The van der Waals surface area contributed by atoms with Gasteiger partial charge in [0.05, 0.1) is 5.69 Å². The zero-order chi connectivity index (χ0) is 20.9. The summed E-state index contributed by atoms with van der Waals surface area (Å²) in [4.78, 5) is 18.6. The molecular formula is C22H21N3O5. The summed E-state index contributed by atoms with van der Waals surface area (Å²) in [6.45, 7) is 6.75. The van der Waals surface area contributed by atoms with Crippen molar-refractivity contribution in [1.82, 2.24) is 10.1 Å². The first-order valence-electron chi connectivity index (χ1n) is 9.69. The van der Waals surface area contributed by atoms with E-state index in [2.05, 4.69) is 30.9 Å². The van der Waals surface area contributed by atoms with Crippen LogP contribution in [0.4, 0.5) is 5.69 Å². The van der Waals surface area contributed by atoms with Gasteiger partial charge in [-0.2, -0.15) is 4.98 Å². The van der Waals surface area contributed by atoms with E-state index in [1.54, 1.807) is 11.0 Å². The van der Waals surface area contributed by atoms with Gasteiger partial charge < -0.3 is 18.7 Å². The fraction of sp³-hybridized carbons (Fsp3) is 0.318. The number of rotatable bonds is 3. The van der Waals surface area contributed by atoms with Gasteiger partial charge in [0.25, 0.3) is 5.91 Å². The second-order valence-electron chi connectivity index (χ2n) is 8.28. The van der Waals surface area contributed by atoms with Crippen LogP contribution in [0.2, 0.25) is 0 Å². The molecule has 1 aromatic heterocycles. The Labute approximate surface area is 173 Å². The average Bonchev–Trinajstić information content (AvgIpc) is 3.37. The highest BCUT2D eigenvalue weighted by Gasteiger charge is 2.29. The van der Waals surface area contributed by atoms with Gasteiger partial charge in [-0.3, -0.25) is 9.69 Å². The summed E-state index contributed by atoms with van der Waals surface area (Å²) in [5.74, 6) is 2.61. The van der Waals surface area contributed by atoms with Crippen LogP contribution in [0.5, 0.6) is 17.2 Å². The van der Waals surface area contributed by atoms with Gasteiger partial charge in [-0.15, -0.1) is 0 Å². The molecule has 0 spiro atoms. The molecule has 0 atom stereocenters. The van der Waals surface area contributed by atoms with E-state index in [1.165, 1.54) is 0 Å². The Bertz CT molecular complexity index is 1130. The van der Waals surface area contributed by atoms with E-state index < -0.39 is 0 Å². The molecule has 3 aromatic rings. The predicted molar refractivity (Wildman–Crippen MR) is 108 cm³/mol. The first-order chi connectivity index (χ1) is 14.4. The molecule has 0 aliphatic carbocycles. The highest BCUT2D eigenvalue weighted by atomic mass is 16.7. The summed E-state index contributed by atoms with van der Waals surface area (Å²) in [7, 11) is 0. The maximum atomic E-state index is 12.5. The van der Waals surface area contributed by atoms with Gasteiger partial charge in [-0.05, 0) is 41.3 Å². The summed E-state index contributed by atoms with van der Waals surface area (Å²) in [5.41, 5.74) is 2.56. The Balaban J connectivity index is 1.41. The molecule has 30 heavy (non-hydrogen) atoms. The molecule has 5 rings (SSSR count). The first kappa shape index (κ1) is 18.5. The quantitative estimate of drug-likeness (QED) is 0.654. The second-order valence-corrected chi connectivity index (χ2v) is 8.28. The molecule has 0 unspecified atom stereocenters. The molecule has 8 heteroatoms. The minimum Gasteiger partial charge on any atom is -0.482 e. The Kier molecular flexibility index (Phi) is 4.16. The monoisotopic (exact) mass is 407 g/mol. The Morgan fingerprint density at radius 2 is 1.83 bits per heavy atom. The smallest absolute Gasteiger partial charge is 0.265 e. The van der Waals surface area contributed by atoms with Gasteiger partial charge in [0.2, 0.25) is 18.5 Å². The number of amides is 1. The molecular weight excluding hydrogens is 386 g/mol. The van der Waals surface area contributed by atoms with Crippen molar-refractivity contribution in [2.45, 2.75) is 32.7 Å². The van der Waals surface area contributed by atoms with E-state index in [4.69, 9.17) is 18.7 Å². The van der Waals surface area contributed by atoms with Crippen LogP contribution in [-0.2, 0) is 16.8 Å². The number of hydrogen-bond acceptors (Lipinski definition) is 7. The summed E-state index contributed by atoms with van der Waals surface area (Å²) in [5, 5.41) is 4.05. The Hall–Kier alpha value is -3.55. The normalized spacial score (nSPS) is 15.2. The van der Waals surface area contributed by atoms with Crippen molar-refractivity contribution < 1.29 is 23.5 Å². The van der Waals surface area contributed by atoms with Gasteiger partial charge in [0, 0.05) is 5.56 Å². The zero-order valence-corrected chi connectivity index (χ0v) is 17.0. The molecule has 3 heterocycles. The van der Waals surface area contributed by atoms with Crippen molar-refractivity contribution in [3.05, 3.63) is 47.9 Å². The topological polar surface area (TPSA) is 86.9 Å². The highest BCUT2D eigenvalue weighted by molar-refractivity contribution is 5.97. The maximum absolute atomic E-state index is 12.5. The molecule has 0 bridgehead atoms. The van der Waals surface area contributed by atoms with Crippen molar-refractivity contribution >= 4 is 11.6 Å². The number of ether oxygens (including phenoxy) is 3. The minimum atomic E-state index is -0.158. The molecule has 1 amide bonds. The number of hydrogen-bond donors (Lipinski definition) is 0. The molecule has 154 valence electrons. The van der Waals surface area contributed by atoms with E-state index in [0.717, 1.165) is 11.1 Å². The van der Waals surface area contributed by atoms with E-state index in [-0.39, 0.29) is 31.3 Å². The van der Waals surface area contributed by atoms with Crippen LogP contribution in [0.1, 0.15) is 32.2 Å². The summed E-state index contributed by atoms with van der Waals surface area (Å²) < 4.78 is 21.8. The van der Waals surface area contributed by atoms with Crippen LogP contribution in [-0.4, -0.2) is 29.4 Å². The number of carbonyl (C=O) groups is 1. The molecule has 2 aromatic carbocycles. The largest absolute Gasteiger partial charge is 0.482 e. The van der Waals surface area contributed by atoms with Crippen LogP contribution in [0, 0.1) is 0 Å². The number of aromatic nitrogens is 2. The van der Waals surface area contributed by atoms with Gasteiger partial charge >= 0.3 is 0 Å². The Morgan fingerprint density at radius 3 is 2.67 bits per heavy atom. The number of fused-ring (bicyclic) bond motifs is 2. The number of carbonyl (C=O) groups excluding carboxylic acids is 1. The van der Waals surface area contributed by atoms with Gasteiger partial charge in [0.1, 0.15) is 12.3 Å². The molecule has 0 radical (unpaired) electrons. The Morgan fingerprint density at radius 1 is 1.00 bits per heavy atom. The third-order valence-electron chi connectivity index (χ3n) is 5.16. The molecule has 2 aliphatic heterocycles. The van der Waals surface area contributed by atoms with E-state index in [0.29, 0.717) is 34.7 Å². The molecule has 2 aliphatic rings. The van der Waals surface area contributed by atoms with Crippen LogP contribution in [0.15, 0.2) is 40.9 Å². The molecule has 0 saturated heterocycles. The molecule has 0 N–H and O–H groups in total. The van der Waals surface area contributed by atoms with Crippen LogP contribution < -0.4 is 19.1 Å². The molecule has 8 nitrogen and oxygen atoms in total. The predicted octanol–water partition coefficient (Wildman–Crippen LogP) is 3.69. The van der Waals surface area contributed by atoms with Crippen LogP contribution in [0.25, 0.3) is 11.4 Å². The average molecular weight is 407 g/mol. The number of anilines is 1. The highest BCUT2D eigenvalue weighted by Crippen LogP contribution is 2.38. The number of benzene rings is 2. The lowest BCUT2D eigenvalue weighted by atomic mass is 9.86. The second kappa shape index (κ2) is 6.76. The fourth-order valence-electron chi connectivity index (χ4n) is 3.45. The lowest BCUT2D eigenvalue weighted by Crippen LogP contribution is -2.38. The summed E-state index contributed by atoms with van der Waals surface area (Å²) in [6, 6.07) is 11.4. The van der Waals surface area contributed by atoms with Crippen molar-refractivity contribution in [1.29, 1.82) is 0 Å². The van der Waals surface area contributed by atoms with Crippen molar-refractivity contribution in [2.75, 3.05) is 18.3 Å². The van der Waals surface area contributed by atoms with Crippen molar-refractivity contribution in [3.8, 4) is 28.6 Å². The molecule has 0 fully saturated rings. The van der Waals surface area contributed by atoms with E-state index >= 15 is 0 Å². The van der Waals surface area contributed by atoms with Crippen molar-refractivity contribution in [3.63, 3.8) is 0 Å². The first-order valence-corrected chi connectivity index (χ1v) is 9.69. The van der Waals surface area contributed by atoms with E-state index in [1.807, 2.05) is 30.3 Å². The fourth-order valence-corrected chi connectivity index (χ4v) is 3.45. The minimum absolute atomic E-state index is 0.0172. The van der Waals surface area contributed by atoms with Gasteiger partial charge in [-0.1, -0.05) is 32.0 Å². The summed E-state index contributed by atoms with van der Waals surface area (Å²) in [6.07, 6.45) is 0. The summed E-state index contributed by atoms with van der Waals surface area (Å²) >= 11 is 0. The number of nitrogens with zero attached hydrogens (tertiary/aromatic N) is 3. The lowest BCUT2D eigenvalue weighted by Gasteiger charge is -2.30. The standard InChI is InChI=1S/C22H21N3O5/c1-22(2,3)14-5-6-15-17(9-14)27-11-20(26)25(15)10-19-23-21(24-30-19)13-4-7-16-18(8-13)29-12-28-16/h4-9H,10-12H2,1-3H3. The lowest BCUT2D eigenvalue weighted by molar-refractivity contribution is -0.121. The maximum Gasteiger partial charge on any atom is 0.265 e. The van der Waals surface area contributed by atoms with Crippen LogP contribution in [0.3, 0.4) is 0 Å². The third kappa shape index (κ3) is 3.24.